The van der Waals surface area contributed by atoms with Crippen LogP contribution in [0.3, 0.4) is 0 Å². The average molecular weight is 473 g/mol. The Balaban J connectivity index is 1.34. The van der Waals surface area contributed by atoms with Crippen molar-refractivity contribution in [3.8, 4) is 11.5 Å². The van der Waals surface area contributed by atoms with E-state index in [9.17, 15) is 13.2 Å². The molecule has 8 heteroatoms. The summed E-state index contributed by atoms with van der Waals surface area (Å²) in [5.41, 5.74) is 3.29. The number of nitrogens with zero attached hydrogens (tertiary/aromatic N) is 1. The molecule has 2 aliphatic rings. The molecule has 0 spiro atoms. The number of sulfonamides is 1. The molecule has 0 bridgehead atoms. The molecule has 1 heterocycles. The van der Waals surface area contributed by atoms with Crippen LogP contribution in [0, 0.1) is 5.92 Å². The summed E-state index contributed by atoms with van der Waals surface area (Å²) in [7, 11) is -0.369. The molecular formula is C25H32N2O5S. The van der Waals surface area contributed by atoms with Crippen molar-refractivity contribution < 1.29 is 22.7 Å². The van der Waals surface area contributed by atoms with E-state index >= 15 is 0 Å². The molecule has 0 saturated carbocycles. The number of fused-ring (bicyclic) bond motifs is 1. The molecule has 1 N–H and O–H groups in total. The predicted octanol–water partition coefficient (Wildman–Crippen LogP) is 3.30. The molecule has 178 valence electrons. The number of rotatable bonds is 7. The van der Waals surface area contributed by atoms with Crippen molar-refractivity contribution in [1.82, 2.24) is 9.62 Å². The van der Waals surface area contributed by atoms with Crippen LogP contribution in [0.2, 0.25) is 0 Å². The predicted molar refractivity (Wildman–Crippen MR) is 126 cm³/mol. The highest BCUT2D eigenvalue weighted by Crippen LogP contribution is 2.29. The second-order valence-corrected chi connectivity index (χ2v) is 10.6. The molecule has 1 fully saturated rings. The fourth-order valence-corrected chi connectivity index (χ4v) is 6.22. The van der Waals surface area contributed by atoms with Gasteiger partial charge in [0.1, 0.15) is 11.5 Å². The summed E-state index contributed by atoms with van der Waals surface area (Å²) < 4.78 is 38.5. The maximum absolute atomic E-state index is 13.2. The Labute approximate surface area is 196 Å². The van der Waals surface area contributed by atoms with Crippen LogP contribution < -0.4 is 14.8 Å². The minimum atomic E-state index is -3.54. The molecule has 0 radical (unpaired) electrons. The van der Waals surface area contributed by atoms with Gasteiger partial charge in [0.05, 0.1) is 19.1 Å². The molecule has 1 aliphatic carbocycles. The summed E-state index contributed by atoms with van der Waals surface area (Å²) in [6.45, 7) is 1.05. The summed E-state index contributed by atoms with van der Waals surface area (Å²) >= 11 is 0. The molecule has 1 aliphatic heterocycles. The number of hydrogen-bond acceptors (Lipinski definition) is 5. The molecule has 1 saturated heterocycles. The lowest BCUT2D eigenvalue weighted by Crippen LogP contribution is -2.42. The van der Waals surface area contributed by atoms with Gasteiger partial charge >= 0.3 is 0 Å². The molecule has 33 heavy (non-hydrogen) atoms. The smallest absolute Gasteiger partial charge is 0.243 e. The maximum Gasteiger partial charge on any atom is 0.243 e. The molecule has 2 aromatic carbocycles. The number of hydrogen-bond donors (Lipinski definition) is 1. The first-order valence-corrected chi connectivity index (χ1v) is 13.0. The molecular weight excluding hydrogens is 440 g/mol. The van der Waals surface area contributed by atoms with Crippen LogP contribution in [0.15, 0.2) is 41.3 Å². The number of nitrogens with one attached hydrogen (secondary N) is 1. The number of amides is 1. The standard InChI is InChI=1S/C25H32N2O5S/c1-31-22-9-7-21(24(16-22)32-2)17-26-25(28)19-11-13-27(14-12-19)33(29,30)23-10-8-18-5-3-4-6-20(18)15-23/h7-10,15-16,19H,3-6,11-14,17H2,1-2H3,(H,26,28). The Morgan fingerprint density at radius 2 is 1.73 bits per heavy atom. The van der Waals surface area contributed by atoms with E-state index in [1.54, 1.807) is 26.4 Å². The third-order valence-corrected chi connectivity index (χ3v) is 8.62. The van der Waals surface area contributed by atoms with E-state index in [2.05, 4.69) is 5.32 Å². The van der Waals surface area contributed by atoms with Crippen molar-refractivity contribution in [2.75, 3.05) is 27.3 Å². The van der Waals surface area contributed by atoms with E-state index in [1.165, 1.54) is 16.3 Å². The topological polar surface area (TPSA) is 84.9 Å². The highest BCUT2D eigenvalue weighted by Gasteiger charge is 2.32. The highest BCUT2D eigenvalue weighted by atomic mass is 32.2. The van der Waals surface area contributed by atoms with Crippen LogP contribution >= 0.6 is 0 Å². The van der Waals surface area contributed by atoms with Gasteiger partial charge in [-0.3, -0.25) is 4.79 Å². The van der Waals surface area contributed by atoms with Crippen molar-refractivity contribution in [3.05, 3.63) is 53.1 Å². The molecule has 2 aromatic rings. The lowest BCUT2D eigenvalue weighted by Gasteiger charge is -2.31. The van der Waals surface area contributed by atoms with Crippen LogP contribution in [0.25, 0.3) is 0 Å². The minimum absolute atomic E-state index is 0.0568. The Morgan fingerprint density at radius 3 is 2.42 bits per heavy atom. The molecule has 0 atom stereocenters. The largest absolute Gasteiger partial charge is 0.497 e. The van der Waals surface area contributed by atoms with Crippen LogP contribution in [-0.4, -0.2) is 45.9 Å². The molecule has 0 unspecified atom stereocenters. The van der Waals surface area contributed by atoms with E-state index in [0.717, 1.165) is 30.4 Å². The number of carbonyl (C=O) groups is 1. The van der Waals surface area contributed by atoms with Gasteiger partial charge in [0, 0.05) is 37.2 Å². The lowest BCUT2D eigenvalue weighted by atomic mass is 9.92. The first-order valence-electron chi connectivity index (χ1n) is 11.5. The van der Waals surface area contributed by atoms with E-state index in [-0.39, 0.29) is 11.8 Å². The number of methoxy groups -OCH3 is 2. The Bertz CT molecular complexity index is 1110. The van der Waals surface area contributed by atoms with E-state index in [0.29, 0.717) is 48.9 Å². The monoisotopic (exact) mass is 472 g/mol. The first-order chi connectivity index (χ1) is 15.9. The second-order valence-electron chi connectivity index (χ2n) is 8.71. The first kappa shape index (κ1) is 23.6. The van der Waals surface area contributed by atoms with E-state index in [1.807, 2.05) is 24.3 Å². The van der Waals surface area contributed by atoms with Gasteiger partial charge in [0.25, 0.3) is 0 Å². The normalized spacial score (nSPS) is 17.3. The number of aryl methyl sites for hydroxylation is 2. The lowest BCUT2D eigenvalue weighted by molar-refractivity contribution is -0.126. The molecule has 7 nitrogen and oxygen atoms in total. The van der Waals surface area contributed by atoms with Gasteiger partial charge in [-0.1, -0.05) is 6.07 Å². The maximum atomic E-state index is 13.2. The number of ether oxygens (including phenoxy) is 2. The zero-order valence-corrected chi connectivity index (χ0v) is 20.1. The minimum Gasteiger partial charge on any atom is -0.497 e. The van der Waals surface area contributed by atoms with Crippen LogP contribution in [-0.2, 0) is 34.2 Å². The fourth-order valence-electron chi connectivity index (χ4n) is 4.70. The van der Waals surface area contributed by atoms with Crippen molar-refractivity contribution in [2.24, 2.45) is 5.92 Å². The summed E-state index contributed by atoms with van der Waals surface area (Å²) in [6.07, 6.45) is 5.27. The van der Waals surface area contributed by atoms with Gasteiger partial charge < -0.3 is 14.8 Å². The fraction of sp³-hybridized carbons (Fsp3) is 0.480. The summed E-state index contributed by atoms with van der Waals surface area (Å²) in [6, 6.07) is 11.0. The summed E-state index contributed by atoms with van der Waals surface area (Å²) in [5, 5.41) is 2.97. The number of piperidine rings is 1. The summed E-state index contributed by atoms with van der Waals surface area (Å²) in [4.78, 5) is 13.1. The molecule has 1 amide bonds. The van der Waals surface area contributed by atoms with Crippen LogP contribution in [0.4, 0.5) is 0 Å². The van der Waals surface area contributed by atoms with Gasteiger partial charge in [0.15, 0.2) is 0 Å². The van der Waals surface area contributed by atoms with Gasteiger partial charge in [0.2, 0.25) is 15.9 Å². The molecule has 4 rings (SSSR count). The number of benzene rings is 2. The Kier molecular flexibility index (Phi) is 7.24. The van der Waals surface area contributed by atoms with Crippen LogP contribution in [0.5, 0.6) is 11.5 Å². The van der Waals surface area contributed by atoms with Gasteiger partial charge in [-0.05, 0) is 73.9 Å². The average Bonchev–Trinajstić information content (AvgIpc) is 2.86. The van der Waals surface area contributed by atoms with Crippen molar-refractivity contribution in [2.45, 2.75) is 50.0 Å². The van der Waals surface area contributed by atoms with Gasteiger partial charge in [-0.25, -0.2) is 8.42 Å². The number of carbonyl (C=O) groups excluding carboxylic acids is 1. The van der Waals surface area contributed by atoms with E-state index < -0.39 is 10.0 Å². The summed E-state index contributed by atoms with van der Waals surface area (Å²) in [5.74, 6) is 1.08. The van der Waals surface area contributed by atoms with Gasteiger partial charge in [-0.15, -0.1) is 0 Å². The molecule has 0 aromatic heterocycles. The van der Waals surface area contributed by atoms with Crippen LogP contribution in [0.1, 0.15) is 42.4 Å². The zero-order chi connectivity index (χ0) is 23.4. The zero-order valence-electron chi connectivity index (χ0n) is 19.3. The Morgan fingerprint density at radius 1 is 1.00 bits per heavy atom. The Hall–Kier alpha value is -2.58. The van der Waals surface area contributed by atoms with Gasteiger partial charge in [-0.2, -0.15) is 4.31 Å². The second kappa shape index (κ2) is 10.1. The van der Waals surface area contributed by atoms with E-state index in [4.69, 9.17) is 9.47 Å². The quantitative estimate of drug-likeness (QED) is 0.668. The third kappa shape index (κ3) is 5.17. The SMILES string of the molecule is COc1ccc(CNC(=O)C2CCN(S(=O)(=O)c3ccc4c(c3)CCCC4)CC2)c(OC)c1. The van der Waals surface area contributed by atoms with Crippen molar-refractivity contribution in [1.29, 1.82) is 0 Å². The highest BCUT2D eigenvalue weighted by molar-refractivity contribution is 7.89. The van der Waals surface area contributed by atoms with Crippen molar-refractivity contribution >= 4 is 15.9 Å². The third-order valence-electron chi connectivity index (χ3n) is 6.73. The van der Waals surface area contributed by atoms with Crippen molar-refractivity contribution in [3.63, 3.8) is 0 Å².